The van der Waals surface area contributed by atoms with Gasteiger partial charge in [-0.2, -0.15) is 0 Å². The summed E-state index contributed by atoms with van der Waals surface area (Å²) in [5.41, 5.74) is 0.724. The van der Waals surface area contributed by atoms with E-state index in [0.717, 1.165) is 17.3 Å². The number of halogens is 1. The molecule has 3 nitrogen and oxygen atoms in total. The van der Waals surface area contributed by atoms with Crippen molar-refractivity contribution >= 4 is 29.2 Å². The minimum Gasteiger partial charge on any atom is -0.487 e. The molecule has 1 aromatic carbocycles. The third kappa shape index (κ3) is 3.78. The van der Waals surface area contributed by atoms with Crippen LogP contribution in [0, 0.1) is 0 Å². The van der Waals surface area contributed by atoms with Crippen molar-refractivity contribution in [3.05, 3.63) is 47.1 Å². The molecule has 19 heavy (non-hydrogen) atoms. The van der Waals surface area contributed by atoms with Gasteiger partial charge in [-0.1, -0.05) is 11.6 Å². The van der Waals surface area contributed by atoms with Gasteiger partial charge in [-0.15, -0.1) is 11.8 Å². The number of hydrogen-bond acceptors (Lipinski definition) is 4. The van der Waals surface area contributed by atoms with Crippen molar-refractivity contribution in [2.45, 2.75) is 11.5 Å². The van der Waals surface area contributed by atoms with E-state index >= 15 is 0 Å². The molecule has 0 atom stereocenters. The van der Waals surface area contributed by atoms with Crippen LogP contribution < -0.4 is 10.1 Å². The quantitative estimate of drug-likeness (QED) is 0.843. The zero-order valence-corrected chi connectivity index (χ0v) is 12.4. The zero-order chi connectivity index (χ0) is 13.7. The van der Waals surface area contributed by atoms with Crippen LogP contribution >= 0.6 is 23.4 Å². The van der Waals surface area contributed by atoms with Crippen molar-refractivity contribution in [3.63, 3.8) is 0 Å². The Bertz CT molecular complexity index is 546. The van der Waals surface area contributed by atoms with E-state index in [-0.39, 0.29) is 0 Å². The molecular weight excluding hydrogens is 280 g/mol. The molecule has 1 heterocycles. The van der Waals surface area contributed by atoms with E-state index in [1.54, 1.807) is 11.8 Å². The lowest BCUT2D eigenvalue weighted by Crippen LogP contribution is -2.02. The van der Waals surface area contributed by atoms with Crippen molar-refractivity contribution in [1.29, 1.82) is 0 Å². The minimum absolute atomic E-state index is 0.354. The number of benzene rings is 1. The molecule has 0 saturated carbocycles. The number of thioether (sulfide) groups is 1. The van der Waals surface area contributed by atoms with Crippen LogP contribution in [0.4, 0.5) is 5.82 Å². The first-order chi connectivity index (χ1) is 9.22. The Morgan fingerprint density at radius 3 is 2.58 bits per heavy atom. The summed E-state index contributed by atoms with van der Waals surface area (Å²) < 4.78 is 5.69. The number of ether oxygens (including phenoxy) is 1. The van der Waals surface area contributed by atoms with Gasteiger partial charge in [0.05, 0.1) is 10.7 Å². The Labute approximate surface area is 122 Å². The van der Waals surface area contributed by atoms with E-state index < -0.39 is 0 Å². The van der Waals surface area contributed by atoms with Crippen molar-refractivity contribution in [3.8, 4) is 5.75 Å². The third-order valence-electron chi connectivity index (χ3n) is 2.61. The smallest absolute Gasteiger partial charge is 0.132 e. The van der Waals surface area contributed by atoms with E-state index in [9.17, 15) is 0 Å². The second-order valence-corrected chi connectivity index (χ2v) is 5.13. The summed E-state index contributed by atoms with van der Waals surface area (Å²) in [4.78, 5) is 5.58. The van der Waals surface area contributed by atoms with Gasteiger partial charge in [0.2, 0.25) is 0 Å². The average Bonchev–Trinajstić information content (AvgIpc) is 2.47. The van der Waals surface area contributed by atoms with Crippen molar-refractivity contribution in [1.82, 2.24) is 4.98 Å². The maximum absolute atomic E-state index is 6.09. The van der Waals surface area contributed by atoms with Gasteiger partial charge in [0.25, 0.3) is 0 Å². The van der Waals surface area contributed by atoms with Crippen LogP contribution in [0.15, 0.2) is 41.3 Å². The van der Waals surface area contributed by atoms with Gasteiger partial charge in [0, 0.05) is 11.9 Å². The number of anilines is 1. The lowest BCUT2D eigenvalue weighted by atomic mass is 10.3. The lowest BCUT2D eigenvalue weighted by Gasteiger charge is -2.09. The fraction of sp³-hybridized carbons (Fsp3) is 0.214. The lowest BCUT2D eigenvalue weighted by molar-refractivity contribution is 0.301. The molecule has 2 aromatic rings. The molecule has 0 saturated heterocycles. The Morgan fingerprint density at radius 2 is 1.95 bits per heavy atom. The molecule has 0 aliphatic carbocycles. The minimum atomic E-state index is 0.354. The molecule has 0 unspecified atom stereocenters. The van der Waals surface area contributed by atoms with Crippen LogP contribution in [-0.4, -0.2) is 18.3 Å². The Kier molecular flexibility index (Phi) is 4.93. The molecule has 2 rings (SSSR count). The van der Waals surface area contributed by atoms with Gasteiger partial charge in [0.1, 0.15) is 18.2 Å². The zero-order valence-electron chi connectivity index (χ0n) is 10.8. The summed E-state index contributed by atoms with van der Waals surface area (Å²) in [5, 5.41) is 3.59. The number of rotatable bonds is 5. The third-order valence-corrected chi connectivity index (χ3v) is 3.70. The largest absolute Gasteiger partial charge is 0.487 e. The van der Waals surface area contributed by atoms with Crippen LogP contribution in [0.1, 0.15) is 5.69 Å². The van der Waals surface area contributed by atoms with Crippen molar-refractivity contribution < 1.29 is 4.74 Å². The molecule has 0 amide bonds. The standard InChI is InChI=1S/C14H15ClN2OS/c1-16-14-8-7-12(15)13(17-14)9-18-10-3-5-11(19-2)6-4-10/h3-8H,9H2,1-2H3,(H,16,17). The number of pyridine rings is 1. The molecule has 1 aromatic heterocycles. The molecule has 0 bridgehead atoms. The second-order valence-electron chi connectivity index (χ2n) is 3.84. The number of aromatic nitrogens is 1. The first-order valence-electron chi connectivity index (χ1n) is 5.83. The summed E-state index contributed by atoms with van der Waals surface area (Å²) in [5.74, 6) is 1.59. The normalized spacial score (nSPS) is 10.3. The van der Waals surface area contributed by atoms with Gasteiger partial charge in [-0.25, -0.2) is 4.98 Å². The molecule has 5 heteroatoms. The molecule has 0 radical (unpaired) electrons. The predicted molar refractivity (Wildman–Crippen MR) is 81.3 cm³/mol. The summed E-state index contributed by atoms with van der Waals surface area (Å²) in [7, 11) is 1.82. The fourth-order valence-electron chi connectivity index (χ4n) is 1.55. The van der Waals surface area contributed by atoms with E-state index in [1.807, 2.05) is 49.7 Å². The highest BCUT2D eigenvalue weighted by atomic mass is 35.5. The molecule has 0 aliphatic rings. The number of hydrogen-bond donors (Lipinski definition) is 1. The molecule has 1 N–H and O–H groups in total. The second kappa shape index (κ2) is 6.68. The van der Waals surface area contributed by atoms with Gasteiger partial charge >= 0.3 is 0 Å². The van der Waals surface area contributed by atoms with Crippen molar-refractivity contribution in [2.75, 3.05) is 18.6 Å². The van der Waals surface area contributed by atoms with Crippen LogP contribution in [0.5, 0.6) is 5.75 Å². The molecule has 0 spiro atoms. The summed E-state index contributed by atoms with van der Waals surface area (Å²) in [6.07, 6.45) is 2.04. The van der Waals surface area contributed by atoms with E-state index in [4.69, 9.17) is 16.3 Å². The average molecular weight is 295 g/mol. The van der Waals surface area contributed by atoms with Crippen molar-refractivity contribution in [2.24, 2.45) is 0 Å². The molecule has 0 fully saturated rings. The van der Waals surface area contributed by atoms with Gasteiger partial charge in [-0.3, -0.25) is 0 Å². The highest BCUT2D eigenvalue weighted by Gasteiger charge is 2.04. The van der Waals surface area contributed by atoms with Crippen LogP contribution in [0.3, 0.4) is 0 Å². The fourth-order valence-corrected chi connectivity index (χ4v) is 2.12. The van der Waals surface area contributed by atoms with Crippen LogP contribution in [0.25, 0.3) is 0 Å². The van der Waals surface area contributed by atoms with Gasteiger partial charge in [-0.05, 0) is 42.7 Å². The van der Waals surface area contributed by atoms with E-state index in [0.29, 0.717) is 11.6 Å². The van der Waals surface area contributed by atoms with E-state index in [1.165, 1.54) is 4.90 Å². The van der Waals surface area contributed by atoms with Gasteiger partial charge in [0.15, 0.2) is 0 Å². The number of nitrogens with zero attached hydrogens (tertiary/aromatic N) is 1. The first-order valence-corrected chi connectivity index (χ1v) is 7.43. The van der Waals surface area contributed by atoms with Crippen LogP contribution in [0.2, 0.25) is 5.02 Å². The predicted octanol–water partition coefficient (Wildman–Crippen LogP) is 4.08. The van der Waals surface area contributed by atoms with Crippen LogP contribution in [-0.2, 0) is 6.61 Å². The Hall–Kier alpha value is -1.39. The maximum Gasteiger partial charge on any atom is 0.132 e. The molecular formula is C14H15ClN2OS. The molecule has 0 aliphatic heterocycles. The SMILES string of the molecule is CNc1ccc(Cl)c(COc2ccc(SC)cc2)n1. The summed E-state index contributed by atoms with van der Waals surface area (Å²) in [6, 6.07) is 11.6. The highest BCUT2D eigenvalue weighted by Crippen LogP contribution is 2.21. The van der Waals surface area contributed by atoms with E-state index in [2.05, 4.69) is 10.3 Å². The topological polar surface area (TPSA) is 34.1 Å². The molecule has 100 valence electrons. The summed E-state index contributed by atoms with van der Waals surface area (Å²) in [6.45, 7) is 0.354. The highest BCUT2D eigenvalue weighted by molar-refractivity contribution is 7.98. The monoisotopic (exact) mass is 294 g/mol. The first kappa shape index (κ1) is 14.0. The Morgan fingerprint density at radius 1 is 1.21 bits per heavy atom. The maximum atomic E-state index is 6.09. The van der Waals surface area contributed by atoms with Gasteiger partial charge < -0.3 is 10.1 Å². The summed E-state index contributed by atoms with van der Waals surface area (Å²) >= 11 is 7.80. The Balaban J connectivity index is 2.05. The number of nitrogens with one attached hydrogen (secondary N) is 1.